The third kappa shape index (κ3) is 4.27. The fraction of sp³-hybridized carbons (Fsp3) is 0.476. The zero-order valence-electron chi connectivity index (χ0n) is 17.3. The summed E-state index contributed by atoms with van der Waals surface area (Å²) in [4.78, 5) is 39.2. The number of carbonyl (C=O) groups is 3. The molecule has 156 valence electrons. The summed E-state index contributed by atoms with van der Waals surface area (Å²) in [6.45, 7) is 5.73. The molecule has 0 spiro atoms. The van der Waals surface area contributed by atoms with Gasteiger partial charge in [0.15, 0.2) is 5.78 Å². The summed E-state index contributed by atoms with van der Waals surface area (Å²) in [5.74, 6) is -1.07. The number of aromatic nitrogens is 1. The summed E-state index contributed by atoms with van der Waals surface area (Å²) in [6.07, 6.45) is 3.98. The Kier molecular flexibility index (Phi) is 6.22. The minimum Gasteiger partial charge on any atom is -0.462 e. The summed E-state index contributed by atoms with van der Waals surface area (Å²) in [7, 11) is 1.99. The largest absolute Gasteiger partial charge is 0.462 e. The molecule has 0 unspecified atom stereocenters. The van der Waals surface area contributed by atoms with Gasteiger partial charge in [-0.2, -0.15) is 0 Å². The summed E-state index contributed by atoms with van der Waals surface area (Å²) >= 11 is 0. The van der Waals surface area contributed by atoms with E-state index in [4.69, 9.17) is 9.15 Å². The van der Waals surface area contributed by atoms with Crippen molar-refractivity contribution < 1.29 is 23.5 Å². The lowest BCUT2D eigenvalue weighted by atomic mass is 10.1. The number of rotatable bonds is 7. The molecule has 0 aliphatic carbocycles. The Labute approximate surface area is 169 Å². The van der Waals surface area contributed by atoms with Crippen molar-refractivity contribution in [2.45, 2.75) is 39.7 Å². The molecule has 1 aliphatic heterocycles. The number of furan rings is 1. The number of ketones is 1. The molecule has 1 N–H and O–H groups in total. The van der Waals surface area contributed by atoms with Crippen LogP contribution in [0.5, 0.6) is 0 Å². The molecule has 8 nitrogen and oxygen atoms in total. The number of aryl methyl sites for hydroxylation is 2. The molecule has 29 heavy (non-hydrogen) atoms. The molecule has 8 heteroatoms. The predicted octanol–water partition coefficient (Wildman–Crippen LogP) is 3.08. The van der Waals surface area contributed by atoms with Gasteiger partial charge in [-0.15, -0.1) is 0 Å². The Morgan fingerprint density at radius 1 is 1.31 bits per heavy atom. The minimum absolute atomic E-state index is 0.0226. The molecule has 0 bridgehead atoms. The zero-order valence-corrected chi connectivity index (χ0v) is 17.3. The first kappa shape index (κ1) is 20.9. The third-order valence-corrected chi connectivity index (χ3v) is 5.20. The van der Waals surface area contributed by atoms with E-state index in [2.05, 4.69) is 20.9 Å². The maximum Gasteiger partial charge on any atom is 0.344 e. The van der Waals surface area contributed by atoms with Crippen LogP contribution >= 0.6 is 0 Å². The van der Waals surface area contributed by atoms with E-state index in [1.165, 1.54) is 6.92 Å². The van der Waals surface area contributed by atoms with Crippen molar-refractivity contribution in [3.8, 4) is 0 Å². The maximum absolute atomic E-state index is 12.7. The van der Waals surface area contributed by atoms with E-state index in [-0.39, 0.29) is 53.7 Å². The number of nitrogens with one attached hydrogen (secondary N) is 1. The quantitative estimate of drug-likeness (QED) is 0.566. The number of Topliss-reactive ketones (excluding diaryl/α,β-unsaturated/α-hetero) is 1. The number of esters is 1. The van der Waals surface area contributed by atoms with Gasteiger partial charge in [0.2, 0.25) is 11.8 Å². The Morgan fingerprint density at radius 2 is 2.07 bits per heavy atom. The predicted molar refractivity (Wildman–Crippen MR) is 107 cm³/mol. The number of hydrogen-bond acceptors (Lipinski definition) is 6. The molecule has 1 fully saturated rings. The van der Waals surface area contributed by atoms with Crippen LogP contribution in [0.2, 0.25) is 0 Å². The van der Waals surface area contributed by atoms with Crippen molar-refractivity contribution in [1.82, 2.24) is 9.47 Å². The average molecular weight is 401 g/mol. The lowest BCUT2D eigenvalue weighted by Crippen LogP contribution is -2.33. The number of amides is 1. The van der Waals surface area contributed by atoms with Crippen molar-refractivity contribution in [3.63, 3.8) is 0 Å². The molecule has 3 rings (SSSR count). The van der Waals surface area contributed by atoms with E-state index in [9.17, 15) is 14.4 Å². The summed E-state index contributed by atoms with van der Waals surface area (Å²) < 4.78 is 12.7. The van der Waals surface area contributed by atoms with Crippen molar-refractivity contribution in [1.29, 1.82) is 0 Å². The first-order valence-corrected chi connectivity index (χ1v) is 9.80. The highest BCUT2D eigenvalue weighted by Crippen LogP contribution is 2.32. The number of anilines is 1. The van der Waals surface area contributed by atoms with E-state index in [1.807, 2.05) is 19.3 Å². The molecule has 0 saturated carbocycles. The summed E-state index contributed by atoms with van der Waals surface area (Å²) in [5, 5.41) is 2.67. The van der Waals surface area contributed by atoms with Gasteiger partial charge in [0, 0.05) is 18.9 Å². The molecule has 2 aromatic heterocycles. The smallest absolute Gasteiger partial charge is 0.344 e. The number of likely N-dealkylation sites (tertiary alicyclic amines) is 1. The Hall–Kier alpha value is -2.87. The molecule has 3 heterocycles. The van der Waals surface area contributed by atoms with Crippen LogP contribution < -0.4 is 5.32 Å². The molecular weight excluding hydrogens is 374 g/mol. The van der Waals surface area contributed by atoms with Gasteiger partial charge in [-0.1, -0.05) is 0 Å². The van der Waals surface area contributed by atoms with Crippen LogP contribution in [0.4, 0.5) is 5.88 Å². The van der Waals surface area contributed by atoms with Gasteiger partial charge < -0.3 is 13.7 Å². The lowest BCUT2D eigenvalue weighted by molar-refractivity contribution is -0.117. The Morgan fingerprint density at radius 3 is 2.69 bits per heavy atom. The normalized spacial score (nSPS) is 16.8. The van der Waals surface area contributed by atoms with E-state index >= 15 is 0 Å². The van der Waals surface area contributed by atoms with Gasteiger partial charge in [-0.25, -0.2) is 4.79 Å². The zero-order chi connectivity index (χ0) is 21.1. The first-order chi connectivity index (χ1) is 13.8. The van der Waals surface area contributed by atoms with E-state index in [0.29, 0.717) is 0 Å². The average Bonchev–Trinajstić information content (AvgIpc) is 3.33. The summed E-state index contributed by atoms with van der Waals surface area (Å²) in [5.41, 5.74) is 1.28. The molecule has 0 radical (unpaired) electrons. The fourth-order valence-corrected chi connectivity index (χ4v) is 3.98. The lowest BCUT2D eigenvalue weighted by Gasteiger charge is -2.24. The highest BCUT2D eigenvalue weighted by molar-refractivity contribution is 6.10. The van der Waals surface area contributed by atoms with Crippen LogP contribution in [0.25, 0.3) is 0 Å². The van der Waals surface area contributed by atoms with E-state index in [1.54, 1.807) is 13.8 Å². The number of hydrogen-bond donors (Lipinski definition) is 1. The Balaban J connectivity index is 1.78. The number of nitrogens with zero attached hydrogens (tertiary/aromatic N) is 2. The van der Waals surface area contributed by atoms with Crippen molar-refractivity contribution in [2.75, 3.05) is 25.0 Å². The van der Waals surface area contributed by atoms with E-state index < -0.39 is 5.97 Å². The number of carbonyl (C=O) groups excluding carboxylic acids is 3. The van der Waals surface area contributed by atoms with Crippen molar-refractivity contribution in [2.24, 2.45) is 7.05 Å². The molecule has 1 saturated heterocycles. The summed E-state index contributed by atoms with van der Waals surface area (Å²) in [6, 6.07) is 4.22. The Bertz CT molecular complexity index is 927. The second-order valence-electron chi connectivity index (χ2n) is 7.23. The second-order valence-corrected chi connectivity index (χ2v) is 7.23. The fourth-order valence-electron chi connectivity index (χ4n) is 3.98. The van der Waals surface area contributed by atoms with Crippen LogP contribution in [0, 0.1) is 6.92 Å². The topological polar surface area (TPSA) is 93.8 Å². The highest BCUT2D eigenvalue weighted by atomic mass is 16.5. The monoisotopic (exact) mass is 401 g/mol. The van der Waals surface area contributed by atoms with Crippen LogP contribution in [-0.4, -0.2) is 46.8 Å². The van der Waals surface area contributed by atoms with Gasteiger partial charge in [0.25, 0.3) is 0 Å². The SMILES string of the molecule is CCOC(=O)c1c(NC(=O)CN2CCC[C@@H]2c2cccn2C)oc(C)c1C(C)=O. The van der Waals surface area contributed by atoms with Gasteiger partial charge in [0.1, 0.15) is 11.3 Å². The molecule has 2 aromatic rings. The molecule has 0 aromatic carbocycles. The van der Waals surface area contributed by atoms with Crippen LogP contribution in [0.15, 0.2) is 22.7 Å². The van der Waals surface area contributed by atoms with Crippen LogP contribution in [0.1, 0.15) is 64.9 Å². The van der Waals surface area contributed by atoms with Crippen LogP contribution in [0.3, 0.4) is 0 Å². The standard InChI is InChI=1S/C21H27N3O5/c1-5-28-21(27)19-18(13(2)25)14(3)29-20(19)22-17(26)12-24-11-7-9-16(24)15-8-6-10-23(15)4/h6,8,10,16H,5,7,9,11-12H2,1-4H3,(H,22,26)/t16-/m1/s1. The van der Waals surface area contributed by atoms with Gasteiger partial charge in [0.05, 0.1) is 24.8 Å². The van der Waals surface area contributed by atoms with Gasteiger partial charge in [-0.3, -0.25) is 19.8 Å². The molecule has 1 atom stereocenters. The van der Waals surface area contributed by atoms with Crippen molar-refractivity contribution in [3.05, 3.63) is 40.9 Å². The second kappa shape index (κ2) is 8.65. The molecule has 1 amide bonds. The van der Waals surface area contributed by atoms with Crippen LogP contribution in [-0.2, 0) is 16.6 Å². The number of ether oxygens (including phenoxy) is 1. The highest BCUT2D eigenvalue weighted by Gasteiger charge is 2.31. The minimum atomic E-state index is -0.687. The first-order valence-electron chi connectivity index (χ1n) is 9.80. The molecule has 1 aliphatic rings. The van der Waals surface area contributed by atoms with Crippen molar-refractivity contribution >= 4 is 23.5 Å². The maximum atomic E-state index is 12.7. The van der Waals surface area contributed by atoms with Gasteiger partial charge >= 0.3 is 5.97 Å². The molecular formula is C21H27N3O5. The van der Waals surface area contributed by atoms with E-state index in [0.717, 1.165) is 25.1 Å². The van der Waals surface area contributed by atoms with Gasteiger partial charge in [-0.05, 0) is 52.3 Å². The third-order valence-electron chi connectivity index (χ3n) is 5.20.